The van der Waals surface area contributed by atoms with Gasteiger partial charge >= 0.3 is 12.1 Å². The monoisotopic (exact) mass is 426 g/mol. The van der Waals surface area contributed by atoms with Crippen LogP contribution >= 0.6 is 11.8 Å². The zero-order chi connectivity index (χ0) is 21.6. The molecule has 9 heteroatoms. The van der Waals surface area contributed by atoms with Crippen LogP contribution in [0, 0.1) is 5.92 Å². The van der Waals surface area contributed by atoms with Crippen LogP contribution in [0.3, 0.4) is 0 Å². The zero-order valence-corrected chi connectivity index (χ0v) is 17.0. The van der Waals surface area contributed by atoms with Crippen molar-refractivity contribution in [3.8, 4) is 11.3 Å². The Hall–Kier alpha value is -2.55. The van der Waals surface area contributed by atoms with E-state index in [1.165, 1.54) is 31.3 Å². The minimum Gasteiger partial charge on any atom is -0.481 e. The lowest BCUT2D eigenvalue weighted by atomic mass is 10.0. The Labute approximate surface area is 170 Å². The van der Waals surface area contributed by atoms with Gasteiger partial charge in [-0.2, -0.15) is 13.2 Å². The van der Waals surface area contributed by atoms with Crippen LogP contribution in [0.1, 0.15) is 31.6 Å². The van der Waals surface area contributed by atoms with Gasteiger partial charge in [-0.3, -0.25) is 9.79 Å². The number of nitrogens with zero attached hydrogens (tertiary/aromatic N) is 2. The maximum Gasteiger partial charge on any atom is 0.417 e. The van der Waals surface area contributed by atoms with Crippen LogP contribution in [-0.2, 0) is 11.0 Å². The Morgan fingerprint density at radius 2 is 1.93 bits per heavy atom. The van der Waals surface area contributed by atoms with E-state index in [2.05, 4.69) is 9.98 Å². The molecule has 0 radical (unpaired) electrons. The first kappa shape index (κ1) is 22.7. The van der Waals surface area contributed by atoms with Crippen molar-refractivity contribution in [1.29, 1.82) is 0 Å². The first-order chi connectivity index (χ1) is 13.7. The van der Waals surface area contributed by atoms with Crippen LogP contribution in [0.25, 0.3) is 11.3 Å². The molecule has 5 nitrogen and oxygen atoms in total. The number of carbonyl (C=O) groups is 1. The second-order valence-electron chi connectivity index (χ2n) is 6.20. The molecule has 2 aromatic rings. The van der Waals surface area contributed by atoms with E-state index in [0.29, 0.717) is 17.9 Å². The molecule has 0 amide bonds. The molecule has 1 unspecified atom stereocenters. The fourth-order valence-electron chi connectivity index (χ4n) is 2.54. The van der Waals surface area contributed by atoms with Gasteiger partial charge in [0.1, 0.15) is 11.5 Å². The minimum absolute atomic E-state index is 0.0561. The number of hydrogen-bond donors (Lipinski definition) is 1. The van der Waals surface area contributed by atoms with Gasteiger partial charge in [-0.05, 0) is 24.6 Å². The van der Waals surface area contributed by atoms with Gasteiger partial charge in [-0.1, -0.05) is 43.8 Å². The third-order valence-corrected chi connectivity index (χ3v) is 5.09. The molecule has 1 heterocycles. The van der Waals surface area contributed by atoms with Crippen LogP contribution in [0.2, 0.25) is 0 Å². The number of halogens is 3. The van der Waals surface area contributed by atoms with Crippen molar-refractivity contribution in [3.05, 3.63) is 47.7 Å². The highest BCUT2D eigenvalue weighted by atomic mass is 32.2. The predicted molar refractivity (Wildman–Crippen MR) is 109 cm³/mol. The summed E-state index contributed by atoms with van der Waals surface area (Å²) in [5.74, 6) is -0.873. The van der Waals surface area contributed by atoms with Crippen LogP contribution in [0.5, 0.6) is 0 Å². The number of benzene rings is 1. The molecule has 1 aromatic heterocycles. The van der Waals surface area contributed by atoms with Gasteiger partial charge in [-0.15, -0.1) is 0 Å². The van der Waals surface area contributed by atoms with Gasteiger partial charge in [-0.25, -0.2) is 4.99 Å². The molecule has 0 aliphatic carbocycles. The van der Waals surface area contributed by atoms with E-state index in [1.54, 1.807) is 6.07 Å². The molecule has 0 fully saturated rings. The SMILES string of the molecule is CCC(C)C(=NC(=NC)SCC(=O)O)c1ccc(-c2ccccc2C(F)(F)F)o1. The molecular weight excluding hydrogens is 405 g/mol. The summed E-state index contributed by atoms with van der Waals surface area (Å²) in [6.45, 7) is 3.84. The highest BCUT2D eigenvalue weighted by Gasteiger charge is 2.34. The molecule has 0 spiro atoms. The highest BCUT2D eigenvalue weighted by molar-refractivity contribution is 8.14. The topological polar surface area (TPSA) is 75.2 Å². The van der Waals surface area contributed by atoms with Gasteiger partial charge in [0.15, 0.2) is 5.17 Å². The fraction of sp³-hybridized carbons (Fsp3) is 0.350. The first-order valence-corrected chi connectivity index (χ1v) is 9.82. The standard InChI is InChI=1S/C20H21F3N2O3S/c1-4-12(2)18(25-19(24-3)29-11-17(26)27)16-10-9-15(28-16)13-7-5-6-8-14(13)20(21,22)23/h5-10,12H,4,11H2,1-3H3,(H,26,27). The number of carboxylic acids is 1. The van der Waals surface area contributed by atoms with Crippen LogP contribution < -0.4 is 0 Å². The summed E-state index contributed by atoms with van der Waals surface area (Å²) in [6, 6.07) is 8.25. The summed E-state index contributed by atoms with van der Waals surface area (Å²) in [4.78, 5) is 19.2. The lowest BCUT2D eigenvalue weighted by Crippen LogP contribution is -2.14. The number of furan rings is 1. The molecule has 1 aromatic carbocycles. The third kappa shape index (κ3) is 5.96. The van der Waals surface area contributed by atoms with Gasteiger partial charge < -0.3 is 9.52 Å². The second kappa shape index (κ2) is 9.78. The number of rotatable bonds is 6. The average Bonchev–Trinajstić information content (AvgIpc) is 3.16. The van der Waals surface area contributed by atoms with E-state index in [9.17, 15) is 18.0 Å². The predicted octanol–water partition coefficient (Wildman–Crippen LogP) is 5.60. The Morgan fingerprint density at radius 3 is 2.52 bits per heavy atom. The van der Waals surface area contributed by atoms with Crippen molar-refractivity contribution in [2.24, 2.45) is 15.9 Å². The molecule has 0 bridgehead atoms. The lowest BCUT2D eigenvalue weighted by molar-refractivity contribution is -0.137. The number of aliphatic carboxylic acids is 1. The number of thioether (sulfide) groups is 1. The van der Waals surface area contributed by atoms with Crippen molar-refractivity contribution >= 4 is 28.6 Å². The molecule has 0 aliphatic rings. The smallest absolute Gasteiger partial charge is 0.417 e. The Balaban J connectivity index is 2.46. The molecule has 0 aliphatic heterocycles. The Morgan fingerprint density at radius 1 is 1.24 bits per heavy atom. The van der Waals surface area contributed by atoms with Crippen LogP contribution in [0.4, 0.5) is 13.2 Å². The summed E-state index contributed by atoms with van der Waals surface area (Å²) >= 11 is 0.962. The van der Waals surface area contributed by atoms with Crippen molar-refractivity contribution in [2.75, 3.05) is 12.8 Å². The number of aliphatic imine (C=N–C) groups is 2. The van der Waals surface area contributed by atoms with E-state index >= 15 is 0 Å². The van der Waals surface area contributed by atoms with E-state index < -0.39 is 17.7 Å². The number of carboxylic acid groups (broad SMARTS) is 1. The largest absolute Gasteiger partial charge is 0.481 e. The van der Waals surface area contributed by atoms with E-state index in [0.717, 1.165) is 17.8 Å². The van der Waals surface area contributed by atoms with Gasteiger partial charge in [0, 0.05) is 18.5 Å². The summed E-state index contributed by atoms with van der Waals surface area (Å²) in [6.07, 6.45) is -3.80. The summed E-state index contributed by atoms with van der Waals surface area (Å²) < 4.78 is 45.7. The van der Waals surface area contributed by atoms with Gasteiger partial charge in [0.25, 0.3) is 0 Å². The molecule has 1 atom stereocenters. The van der Waals surface area contributed by atoms with Crippen molar-refractivity contribution in [2.45, 2.75) is 26.4 Å². The number of hydrogen-bond acceptors (Lipinski definition) is 4. The fourth-order valence-corrected chi connectivity index (χ4v) is 3.09. The normalized spacial score (nSPS) is 14.1. The molecular formula is C20H21F3N2O3S. The lowest BCUT2D eigenvalue weighted by Gasteiger charge is -2.12. The summed E-state index contributed by atoms with van der Waals surface area (Å²) in [5, 5.41) is 9.11. The molecule has 2 rings (SSSR count). The average molecular weight is 426 g/mol. The van der Waals surface area contributed by atoms with E-state index in [4.69, 9.17) is 9.52 Å². The van der Waals surface area contributed by atoms with Gasteiger partial charge in [0.05, 0.1) is 17.0 Å². The quantitative estimate of drug-likeness (QED) is 0.482. The Kier molecular flexibility index (Phi) is 7.66. The highest BCUT2D eigenvalue weighted by Crippen LogP contribution is 2.37. The van der Waals surface area contributed by atoms with Crippen LogP contribution in [0.15, 0.2) is 50.8 Å². The summed E-state index contributed by atoms with van der Waals surface area (Å²) in [7, 11) is 1.50. The molecule has 156 valence electrons. The van der Waals surface area contributed by atoms with E-state index in [1.807, 2.05) is 13.8 Å². The molecule has 29 heavy (non-hydrogen) atoms. The maximum absolute atomic E-state index is 13.3. The third-order valence-electron chi connectivity index (χ3n) is 4.17. The molecule has 0 saturated heterocycles. The Bertz CT molecular complexity index is 920. The number of amidine groups is 1. The maximum atomic E-state index is 13.3. The number of alkyl halides is 3. The zero-order valence-electron chi connectivity index (χ0n) is 16.2. The van der Waals surface area contributed by atoms with Crippen LogP contribution in [-0.4, -0.2) is 34.8 Å². The van der Waals surface area contributed by atoms with Crippen molar-refractivity contribution < 1.29 is 27.5 Å². The van der Waals surface area contributed by atoms with Crippen molar-refractivity contribution in [3.63, 3.8) is 0 Å². The molecule has 1 N–H and O–H groups in total. The minimum atomic E-state index is -4.51. The molecule has 0 saturated carbocycles. The first-order valence-electron chi connectivity index (χ1n) is 8.84. The van der Waals surface area contributed by atoms with E-state index in [-0.39, 0.29) is 28.2 Å². The summed E-state index contributed by atoms with van der Waals surface area (Å²) in [5.41, 5.74) is -0.336. The van der Waals surface area contributed by atoms with Crippen molar-refractivity contribution in [1.82, 2.24) is 0 Å². The van der Waals surface area contributed by atoms with Gasteiger partial charge in [0.2, 0.25) is 0 Å². The second-order valence-corrected chi connectivity index (χ2v) is 7.14.